The van der Waals surface area contributed by atoms with E-state index in [0.29, 0.717) is 17.7 Å². The molecule has 0 fully saturated rings. The molecule has 2 heterocycles. The van der Waals surface area contributed by atoms with Crippen LogP contribution in [0.1, 0.15) is 32.7 Å². The van der Waals surface area contributed by atoms with Crippen LogP contribution < -0.4 is 5.73 Å². The van der Waals surface area contributed by atoms with Crippen molar-refractivity contribution >= 4 is 12.1 Å². The van der Waals surface area contributed by atoms with Gasteiger partial charge in [-0.25, -0.2) is 8.78 Å². The Morgan fingerprint density at radius 1 is 0.674 bits per heavy atom. The van der Waals surface area contributed by atoms with Gasteiger partial charge in [-0.3, -0.25) is 15.0 Å². The van der Waals surface area contributed by atoms with E-state index in [2.05, 4.69) is 39.5 Å². The molecule has 43 heavy (non-hydrogen) atoms. The Morgan fingerprint density at radius 3 is 1.77 bits per heavy atom. The molecule has 2 aromatic heterocycles. The minimum Gasteiger partial charge on any atom is -0.382 e. The van der Waals surface area contributed by atoms with E-state index < -0.39 is 0 Å². The number of halogens is 2. The molecule has 4 N–H and O–H groups in total. The summed E-state index contributed by atoms with van der Waals surface area (Å²) >= 11 is 0. The summed E-state index contributed by atoms with van der Waals surface area (Å²) in [5.41, 5.74) is 14.8. The monoisotopic (exact) mass is 577 g/mol. The molecule has 218 valence electrons. The molecule has 0 spiro atoms. The van der Waals surface area contributed by atoms with Crippen molar-refractivity contribution < 1.29 is 13.6 Å². The third kappa shape index (κ3) is 8.56. The third-order valence-corrected chi connectivity index (χ3v) is 6.85. The Hall–Kier alpha value is -5.37. The maximum atomic E-state index is 12.9. The highest BCUT2D eigenvalue weighted by molar-refractivity contribution is 5.74. The summed E-state index contributed by atoms with van der Waals surface area (Å²) in [6.45, 7) is 4.05. The van der Waals surface area contributed by atoms with Crippen molar-refractivity contribution in [1.29, 1.82) is 0 Å². The van der Waals surface area contributed by atoms with Crippen LogP contribution in [0.15, 0.2) is 109 Å². The lowest BCUT2D eigenvalue weighted by molar-refractivity contribution is 0.112. The maximum Gasteiger partial charge on any atom is 0.150 e. The summed E-state index contributed by atoms with van der Waals surface area (Å²) in [4.78, 5) is 10.00. The smallest absolute Gasteiger partial charge is 0.150 e. The Morgan fingerprint density at radius 2 is 1.23 bits per heavy atom. The van der Waals surface area contributed by atoms with Gasteiger partial charge in [-0.1, -0.05) is 72.8 Å². The van der Waals surface area contributed by atoms with Crippen molar-refractivity contribution in [3.63, 3.8) is 0 Å². The van der Waals surface area contributed by atoms with Crippen molar-refractivity contribution in [2.45, 2.75) is 26.7 Å². The summed E-state index contributed by atoms with van der Waals surface area (Å²) in [6, 6.07) is 32.2. The molecular formula is C35H33F2N5O. The summed E-state index contributed by atoms with van der Waals surface area (Å²) in [7, 11) is 0. The number of aromatic nitrogens is 4. The molecule has 0 aliphatic heterocycles. The number of carbonyl (C=O) groups excluding carboxylic acids is 1. The second-order valence-corrected chi connectivity index (χ2v) is 9.81. The van der Waals surface area contributed by atoms with Crippen molar-refractivity contribution in [3.8, 4) is 22.5 Å². The van der Waals surface area contributed by atoms with Crippen LogP contribution in [0.4, 0.5) is 14.6 Å². The minimum atomic E-state index is -0.319. The molecule has 0 radical (unpaired) electrons. The van der Waals surface area contributed by atoms with Crippen LogP contribution in [0.3, 0.4) is 0 Å². The molecule has 0 aliphatic carbocycles. The number of H-pyrrole nitrogens is 2. The Bertz CT molecular complexity index is 1710. The van der Waals surface area contributed by atoms with E-state index in [1.165, 1.54) is 42.0 Å². The number of aryl methyl sites for hydroxylation is 2. The van der Waals surface area contributed by atoms with E-state index in [4.69, 9.17) is 5.73 Å². The first kappa shape index (κ1) is 30.6. The van der Waals surface area contributed by atoms with Gasteiger partial charge in [0.2, 0.25) is 0 Å². The molecule has 0 unspecified atom stereocenters. The second-order valence-electron chi connectivity index (χ2n) is 9.81. The molecule has 6 aromatic rings. The summed E-state index contributed by atoms with van der Waals surface area (Å²) in [6.07, 6.45) is 2.42. The highest BCUT2D eigenvalue weighted by Gasteiger charge is 2.10. The number of aromatic amines is 2. The largest absolute Gasteiger partial charge is 0.382 e. The first-order valence-corrected chi connectivity index (χ1v) is 13.8. The maximum absolute atomic E-state index is 12.9. The zero-order chi connectivity index (χ0) is 30.6. The van der Waals surface area contributed by atoms with Gasteiger partial charge in [-0.05, 0) is 79.8 Å². The fourth-order valence-corrected chi connectivity index (χ4v) is 4.31. The van der Waals surface area contributed by atoms with Crippen LogP contribution in [0.2, 0.25) is 0 Å². The van der Waals surface area contributed by atoms with E-state index in [1.807, 2.05) is 67.6 Å². The van der Waals surface area contributed by atoms with Gasteiger partial charge in [0.1, 0.15) is 23.7 Å². The van der Waals surface area contributed by atoms with Crippen LogP contribution in [0, 0.1) is 25.5 Å². The number of nitrogens with one attached hydrogen (secondary N) is 2. The predicted octanol–water partition coefficient (Wildman–Crippen LogP) is 7.91. The molecule has 0 saturated carbocycles. The number of anilines is 1. The Labute approximate surface area is 249 Å². The normalized spacial score (nSPS) is 10.2. The number of aldehydes is 1. The number of carbonyl (C=O) groups is 1. The van der Waals surface area contributed by atoms with Gasteiger partial charge in [-0.2, -0.15) is 10.2 Å². The van der Waals surface area contributed by atoms with Gasteiger partial charge in [0.15, 0.2) is 0 Å². The number of nitrogens with zero attached hydrogens (tertiary/aromatic N) is 2. The lowest BCUT2D eigenvalue weighted by Crippen LogP contribution is -1.94. The van der Waals surface area contributed by atoms with Crippen LogP contribution in [0.25, 0.3) is 22.5 Å². The second kappa shape index (κ2) is 15.0. The van der Waals surface area contributed by atoms with Gasteiger partial charge in [0, 0.05) is 22.4 Å². The average Bonchev–Trinajstić information content (AvgIpc) is 3.59. The summed E-state index contributed by atoms with van der Waals surface area (Å²) in [5, 5.41) is 14.4. The quantitative estimate of drug-likeness (QED) is 0.175. The number of nitrogen functional groups attached to an aromatic ring is 1. The van der Waals surface area contributed by atoms with Crippen LogP contribution >= 0.6 is 0 Å². The van der Waals surface area contributed by atoms with Crippen molar-refractivity contribution in [2.75, 3.05) is 5.73 Å². The topological polar surface area (TPSA) is 100 Å². The molecule has 6 nitrogen and oxygen atoms in total. The first-order valence-electron chi connectivity index (χ1n) is 13.8. The lowest BCUT2D eigenvalue weighted by Gasteiger charge is -2.02. The van der Waals surface area contributed by atoms with E-state index in [1.54, 1.807) is 0 Å². The SMILES string of the molecule is Cc1c(-c2ccccc2)n[nH]c1CCc1ccc(F)cc1.Cc1c(N)n[nH]c1-c1ccccc1.O=Cc1ccc(F)cc1. The minimum absolute atomic E-state index is 0.192. The molecule has 0 bridgehead atoms. The Kier molecular flexibility index (Phi) is 10.7. The molecule has 0 aliphatic rings. The highest BCUT2D eigenvalue weighted by atomic mass is 19.1. The van der Waals surface area contributed by atoms with E-state index in [9.17, 15) is 13.6 Å². The van der Waals surface area contributed by atoms with Crippen LogP contribution in [-0.4, -0.2) is 26.7 Å². The van der Waals surface area contributed by atoms with E-state index in [0.717, 1.165) is 52.2 Å². The van der Waals surface area contributed by atoms with Gasteiger partial charge in [0.05, 0.1) is 11.4 Å². The number of rotatable bonds is 6. The van der Waals surface area contributed by atoms with E-state index >= 15 is 0 Å². The summed E-state index contributed by atoms with van der Waals surface area (Å²) in [5.74, 6) is 0.0577. The van der Waals surface area contributed by atoms with Crippen molar-refractivity contribution in [1.82, 2.24) is 20.4 Å². The third-order valence-electron chi connectivity index (χ3n) is 6.85. The van der Waals surface area contributed by atoms with Gasteiger partial charge < -0.3 is 5.73 Å². The number of hydrogen-bond acceptors (Lipinski definition) is 4. The van der Waals surface area contributed by atoms with Crippen LogP contribution in [0.5, 0.6) is 0 Å². The van der Waals surface area contributed by atoms with Crippen LogP contribution in [-0.2, 0) is 12.8 Å². The molecular weight excluding hydrogens is 544 g/mol. The fourth-order valence-electron chi connectivity index (χ4n) is 4.31. The molecule has 0 amide bonds. The van der Waals surface area contributed by atoms with E-state index in [-0.39, 0.29) is 11.6 Å². The predicted molar refractivity (Wildman–Crippen MR) is 168 cm³/mol. The van der Waals surface area contributed by atoms with Gasteiger partial charge >= 0.3 is 0 Å². The van der Waals surface area contributed by atoms with Gasteiger partial charge in [0.25, 0.3) is 0 Å². The molecule has 4 aromatic carbocycles. The molecule has 6 rings (SSSR count). The molecule has 8 heteroatoms. The van der Waals surface area contributed by atoms with Crippen molar-refractivity contribution in [3.05, 3.63) is 149 Å². The van der Waals surface area contributed by atoms with Gasteiger partial charge in [-0.15, -0.1) is 0 Å². The van der Waals surface area contributed by atoms with Crippen molar-refractivity contribution in [2.24, 2.45) is 0 Å². The molecule has 0 atom stereocenters. The number of benzene rings is 4. The average molecular weight is 578 g/mol. The zero-order valence-electron chi connectivity index (χ0n) is 24.0. The zero-order valence-corrected chi connectivity index (χ0v) is 24.0. The Balaban J connectivity index is 0.000000163. The molecule has 0 saturated heterocycles. The number of nitrogens with two attached hydrogens (primary N) is 1. The highest BCUT2D eigenvalue weighted by Crippen LogP contribution is 2.24. The lowest BCUT2D eigenvalue weighted by atomic mass is 10.0. The number of hydrogen-bond donors (Lipinski definition) is 3. The standard InChI is InChI=1S/C18H17FN2.C10H11N3.C7H5FO/c1-13-17(12-9-14-7-10-16(19)11-8-14)20-21-18(13)15-5-3-2-4-6-15;1-7-9(12-13-10(7)11)8-5-3-2-4-6-8;8-7-3-1-6(5-9)2-4-7/h2-8,10-11H,9,12H2,1H3,(H,20,21);2-6H,1H3,(H3,11,12,13);1-5H. The fraction of sp³-hybridized carbons (Fsp3) is 0.114. The first-order chi connectivity index (χ1) is 20.9. The summed E-state index contributed by atoms with van der Waals surface area (Å²) < 4.78 is 25.0.